The zero-order valence-electron chi connectivity index (χ0n) is 30.4. The first-order chi connectivity index (χ1) is 23.0. The Morgan fingerprint density at radius 2 is 1.31 bits per heavy atom. The van der Waals surface area contributed by atoms with Crippen LogP contribution in [0.15, 0.2) is 0 Å². The fourth-order valence-electron chi connectivity index (χ4n) is 11.0. The number of hydrogen-bond acceptors (Lipinski definition) is 12. The number of hydrogen-bond donors (Lipinski definition) is 0. The van der Waals surface area contributed by atoms with Crippen molar-refractivity contribution in [1.29, 1.82) is 0 Å². The smallest absolute Gasteiger partial charge is 0.303 e. The lowest BCUT2D eigenvalue weighted by atomic mass is 9.44. The highest BCUT2D eigenvalue weighted by atomic mass is 16.7. The number of carbonyl (C=O) groups is 5. The van der Waals surface area contributed by atoms with Crippen molar-refractivity contribution in [3.8, 4) is 0 Å². The monoisotopic (exact) mass is 692 g/mol. The van der Waals surface area contributed by atoms with Crippen LogP contribution in [0.2, 0.25) is 0 Å². The van der Waals surface area contributed by atoms with Crippen molar-refractivity contribution in [3.63, 3.8) is 0 Å². The average molecular weight is 693 g/mol. The third-order valence-electron chi connectivity index (χ3n) is 12.9. The van der Waals surface area contributed by atoms with Crippen molar-refractivity contribution in [1.82, 2.24) is 0 Å². The van der Waals surface area contributed by atoms with Crippen molar-refractivity contribution in [2.75, 3.05) is 6.61 Å². The van der Waals surface area contributed by atoms with Crippen LogP contribution in [0.1, 0.15) is 113 Å². The first-order valence-corrected chi connectivity index (χ1v) is 18.2. The Labute approximate surface area is 289 Å². The molecule has 2 unspecified atom stereocenters. The number of rotatable bonds is 9. The second kappa shape index (κ2) is 14.9. The molecule has 5 fully saturated rings. The highest BCUT2D eigenvalue weighted by Gasteiger charge is 2.61. The molecule has 12 nitrogen and oxygen atoms in total. The van der Waals surface area contributed by atoms with Gasteiger partial charge in [0, 0.05) is 40.5 Å². The molecule has 12 heteroatoms. The van der Waals surface area contributed by atoms with Gasteiger partial charge < -0.3 is 33.2 Å². The molecular weight excluding hydrogens is 636 g/mol. The Bertz CT molecular complexity index is 1270. The molecule has 49 heavy (non-hydrogen) atoms. The zero-order valence-corrected chi connectivity index (χ0v) is 30.4. The van der Waals surface area contributed by atoms with E-state index in [0.29, 0.717) is 29.6 Å². The first kappa shape index (κ1) is 37.5. The lowest BCUT2D eigenvalue weighted by molar-refractivity contribution is -0.321. The van der Waals surface area contributed by atoms with E-state index < -0.39 is 54.6 Å². The zero-order chi connectivity index (χ0) is 35.8. The number of fused-ring (bicyclic) bond motifs is 5. The van der Waals surface area contributed by atoms with Crippen LogP contribution in [-0.4, -0.2) is 79.4 Å². The molecule has 14 atom stereocenters. The molecule has 1 aliphatic heterocycles. The highest BCUT2D eigenvalue weighted by Crippen LogP contribution is 2.68. The average Bonchev–Trinajstić information content (AvgIpc) is 3.35. The van der Waals surface area contributed by atoms with Gasteiger partial charge in [-0.15, -0.1) is 0 Å². The maximum atomic E-state index is 12.3. The second-order valence-electron chi connectivity index (χ2n) is 15.8. The number of carbonyl (C=O) groups excluding carboxylic acids is 5. The van der Waals surface area contributed by atoms with Gasteiger partial charge in [-0.1, -0.05) is 13.8 Å². The molecule has 0 amide bonds. The van der Waals surface area contributed by atoms with Crippen LogP contribution in [0.25, 0.3) is 0 Å². The van der Waals surface area contributed by atoms with Gasteiger partial charge in [0.1, 0.15) is 18.8 Å². The summed E-state index contributed by atoms with van der Waals surface area (Å²) in [5.41, 5.74) is 0.333. The summed E-state index contributed by atoms with van der Waals surface area (Å²) in [5.74, 6) is -0.0572. The third kappa shape index (κ3) is 7.80. The van der Waals surface area contributed by atoms with Crippen LogP contribution in [-0.2, 0) is 57.1 Å². The van der Waals surface area contributed by atoms with E-state index in [2.05, 4.69) is 20.8 Å². The van der Waals surface area contributed by atoms with E-state index in [1.807, 2.05) is 0 Å². The summed E-state index contributed by atoms with van der Waals surface area (Å²) < 4.78 is 40.6. The van der Waals surface area contributed by atoms with Crippen molar-refractivity contribution < 1.29 is 57.1 Å². The van der Waals surface area contributed by atoms with Gasteiger partial charge in [-0.25, -0.2) is 0 Å². The summed E-state index contributed by atoms with van der Waals surface area (Å²) in [6.45, 7) is 13.1. The molecule has 0 radical (unpaired) electrons. The summed E-state index contributed by atoms with van der Waals surface area (Å²) >= 11 is 0. The fourth-order valence-corrected chi connectivity index (χ4v) is 11.0. The lowest BCUT2D eigenvalue weighted by Gasteiger charge is -2.61. The summed E-state index contributed by atoms with van der Waals surface area (Å²) in [6.07, 6.45) is 3.25. The van der Waals surface area contributed by atoms with Gasteiger partial charge in [0.15, 0.2) is 24.6 Å². The van der Waals surface area contributed by atoms with Crippen LogP contribution in [0.3, 0.4) is 0 Å². The van der Waals surface area contributed by atoms with E-state index in [1.54, 1.807) is 0 Å². The minimum absolute atomic E-state index is 0.0697. The first-order valence-electron chi connectivity index (χ1n) is 18.2. The molecule has 4 saturated carbocycles. The Kier molecular flexibility index (Phi) is 11.4. The topological polar surface area (TPSA) is 150 Å². The van der Waals surface area contributed by atoms with E-state index in [-0.39, 0.29) is 35.6 Å². The maximum absolute atomic E-state index is 12.3. The highest BCUT2D eigenvalue weighted by molar-refractivity contribution is 5.69. The SMILES string of the molecule is CC(=O)OC[C@H]1O[C@@H](OC2CC[C@@]3(C)[C@H](CC[C@@H]4[C@@H]3CC[C@]3(C)[C@@H](C(C)OC(C)=O)CC[C@@H]43)C2)[C@H](OC(C)=O)[C@@H](OC(C)=O)[C@@H]1OC(C)=O. The minimum atomic E-state index is -1.25. The lowest BCUT2D eigenvalue weighted by Crippen LogP contribution is -2.63. The van der Waals surface area contributed by atoms with E-state index in [9.17, 15) is 24.0 Å². The Balaban J connectivity index is 1.32. The molecule has 276 valence electrons. The van der Waals surface area contributed by atoms with Gasteiger partial charge in [-0.05, 0) is 99.2 Å². The molecule has 1 heterocycles. The second-order valence-corrected chi connectivity index (χ2v) is 15.8. The summed E-state index contributed by atoms with van der Waals surface area (Å²) in [6, 6.07) is 0. The van der Waals surface area contributed by atoms with Crippen LogP contribution in [0.5, 0.6) is 0 Å². The largest absolute Gasteiger partial charge is 0.463 e. The van der Waals surface area contributed by atoms with Gasteiger partial charge in [0.2, 0.25) is 0 Å². The Morgan fingerprint density at radius 1 is 0.694 bits per heavy atom. The standard InChI is InChI=1S/C37H56O12/c1-19(44-21(3)39)28-11-12-29-27-10-9-25-17-26(13-15-36(25,7)30(27)14-16-37(28,29)8)48-35-34(47-24(6)42)33(46-23(5)41)32(45-22(4)40)31(49-35)18-43-20(2)38/h19,25-35H,9-18H2,1-8H3/t19?,25-,26?,27+,28-,29+,30+,31-,32-,33+,34-,35-,36+,37-/m1/s1. The van der Waals surface area contributed by atoms with E-state index >= 15 is 0 Å². The van der Waals surface area contributed by atoms with Crippen molar-refractivity contribution in [2.45, 2.75) is 156 Å². The summed E-state index contributed by atoms with van der Waals surface area (Å²) in [7, 11) is 0. The van der Waals surface area contributed by atoms with Crippen molar-refractivity contribution in [3.05, 3.63) is 0 Å². The maximum Gasteiger partial charge on any atom is 0.303 e. The molecule has 0 bridgehead atoms. The van der Waals surface area contributed by atoms with E-state index in [1.165, 1.54) is 47.5 Å². The van der Waals surface area contributed by atoms with Crippen LogP contribution in [0.4, 0.5) is 0 Å². The molecule has 4 aliphatic carbocycles. The molecule has 0 aromatic carbocycles. The van der Waals surface area contributed by atoms with E-state index in [4.69, 9.17) is 33.2 Å². The minimum Gasteiger partial charge on any atom is -0.463 e. The van der Waals surface area contributed by atoms with Crippen LogP contribution >= 0.6 is 0 Å². The molecule has 0 aromatic heterocycles. The molecule has 0 aromatic rings. The number of ether oxygens (including phenoxy) is 7. The predicted octanol–water partition coefficient (Wildman–Crippen LogP) is 5.07. The molecule has 0 spiro atoms. The van der Waals surface area contributed by atoms with Gasteiger partial charge in [0.05, 0.1) is 6.10 Å². The molecular formula is C37H56O12. The molecule has 1 saturated heterocycles. The normalized spacial score (nSPS) is 41.9. The number of esters is 5. The Morgan fingerprint density at radius 3 is 1.94 bits per heavy atom. The molecule has 0 N–H and O–H groups in total. The van der Waals surface area contributed by atoms with Crippen LogP contribution < -0.4 is 0 Å². The van der Waals surface area contributed by atoms with Crippen molar-refractivity contribution >= 4 is 29.8 Å². The summed E-state index contributed by atoms with van der Waals surface area (Å²) in [5, 5.41) is 0. The molecule has 5 rings (SSSR count). The van der Waals surface area contributed by atoms with Gasteiger partial charge in [-0.2, -0.15) is 0 Å². The molecule has 5 aliphatic rings. The van der Waals surface area contributed by atoms with Crippen LogP contribution in [0, 0.1) is 40.4 Å². The van der Waals surface area contributed by atoms with Gasteiger partial charge in [-0.3, -0.25) is 24.0 Å². The third-order valence-corrected chi connectivity index (χ3v) is 12.9. The van der Waals surface area contributed by atoms with Gasteiger partial charge >= 0.3 is 29.8 Å². The fraction of sp³-hybridized carbons (Fsp3) is 0.865. The van der Waals surface area contributed by atoms with Crippen molar-refractivity contribution in [2.24, 2.45) is 40.4 Å². The Hall–Kier alpha value is -2.73. The van der Waals surface area contributed by atoms with Gasteiger partial charge in [0.25, 0.3) is 0 Å². The summed E-state index contributed by atoms with van der Waals surface area (Å²) in [4.78, 5) is 60.2. The quantitative estimate of drug-likeness (QED) is 0.180. The predicted molar refractivity (Wildman–Crippen MR) is 173 cm³/mol. The van der Waals surface area contributed by atoms with E-state index in [0.717, 1.165) is 44.9 Å².